The van der Waals surface area contributed by atoms with E-state index in [1.165, 1.54) is 48.9 Å². The lowest BCUT2D eigenvalue weighted by atomic mass is 9.90. The first-order chi connectivity index (χ1) is 12.3. The number of hydrogen-bond acceptors (Lipinski definition) is 5. The van der Waals surface area contributed by atoms with Gasteiger partial charge in [-0.3, -0.25) is 0 Å². The summed E-state index contributed by atoms with van der Waals surface area (Å²) in [6, 6.07) is 8.32. The van der Waals surface area contributed by atoms with Crippen molar-refractivity contribution in [1.82, 2.24) is 9.97 Å². The Morgan fingerprint density at radius 3 is 2.28 bits per heavy atom. The van der Waals surface area contributed by atoms with E-state index in [2.05, 4.69) is 27.0 Å². The van der Waals surface area contributed by atoms with Crippen molar-refractivity contribution in [1.29, 1.82) is 10.5 Å². The molecule has 0 unspecified atom stereocenters. The third kappa shape index (κ3) is 2.86. The molecule has 0 aliphatic carbocycles. The second-order valence-corrected chi connectivity index (χ2v) is 6.43. The summed E-state index contributed by atoms with van der Waals surface area (Å²) >= 11 is 0. The smallest absolute Gasteiger partial charge is 0.177 e. The normalized spacial score (nSPS) is 15.5. The number of aryl methyl sites for hydroxylation is 2. The molecule has 0 saturated heterocycles. The molecule has 0 radical (unpaired) electrons. The lowest BCUT2D eigenvalue weighted by molar-refractivity contribution is 0.634. The van der Waals surface area contributed by atoms with Crippen molar-refractivity contribution in [2.24, 2.45) is 0 Å². The summed E-state index contributed by atoms with van der Waals surface area (Å²) in [6.45, 7) is 2.35. The molecule has 25 heavy (non-hydrogen) atoms. The first kappa shape index (κ1) is 15.4. The number of hydrogen-bond donors (Lipinski definition) is 0. The number of nitriles is 2. The topological polar surface area (TPSA) is 76.6 Å². The van der Waals surface area contributed by atoms with Gasteiger partial charge in [0.25, 0.3) is 0 Å². The minimum Gasteiger partial charge on any atom is -0.371 e. The van der Waals surface area contributed by atoms with Crippen molar-refractivity contribution in [3.63, 3.8) is 0 Å². The fourth-order valence-electron chi connectivity index (χ4n) is 3.75. The maximum atomic E-state index is 9.06. The number of benzene rings is 1. The van der Waals surface area contributed by atoms with Gasteiger partial charge in [0.2, 0.25) is 0 Å². The van der Waals surface area contributed by atoms with Crippen LogP contribution in [0.3, 0.4) is 0 Å². The van der Waals surface area contributed by atoms with Crippen molar-refractivity contribution in [3.8, 4) is 12.1 Å². The van der Waals surface area contributed by atoms with Crippen LogP contribution in [0, 0.1) is 22.7 Å². The van der Waals surface area contributed by atoms with Crippen LogP contribution < -0.4 is 4.90 Å². The first-order valence-electron chi connectivity index (χ1n) is 8.54. The highest BCUT2D eigenvalue weighted by Crippen LogP contribution is 2.36. The second-order valence-electron chi connectivity index (χ2n) is 6.43. The third-order valence-electron chi connectivity index (χ3n) is 4.80. The van der Waals surface area contributed by atoms with Crippen molar-refractivity contribution in [3.05, 3.63) is 52.1 Å². The maximum Gasteiger partial charge on any atom is 0.177 e. The number of aromatic nitrogens is 2. The lowest BCUT2D eigenvalue weighted by Gasteiger charge is -2.37. The molecule has 0 saturated carbocycles. The molecule has 2 aliphatic rings. The summed E-state index contributed by atoms with van der Waals surface area (Å²) in [4.78, 5) is 10.7. The molecule has 3 heterocycles. The standard InChI is InChI=1S/C20H17N5/c21-11-18-19(12-22)24-17(13-23-18)6-5-14-9-15-3-1-7-25-8-2-4-16(10-14)20(15)25/h5-6,9-10,13H,1-4,7-8H2. The molecule has 2 aliphatic heterocycles. The Labute approximate surface area is 146 Å². The minimum atomic E-state index is 0.0675. The van der Waals surface area contributed by atoms with Gasteiger partial charge in [0.1, 0.15) is 12.1 Å². The van der Waals surface area contributed by atoms with Gasteiger partial charge < -0.3 is 4.90 Å². The fourth-order valence-corrected chi connectivity index (χ4v) is 3.75. The van der Waals surface area contributed by atoms with Crippen LogP contribution in [-0.4, -0.2) is 23.1 Å². The summed E-state index contributed by atoms with van der Waals surface area (Å²) in [5.41, 5.74) is 6.21. The van der Waals surface area contributed by atoms with Crippen LogP contribution in [0.4, 0.5) is 5.69 Å². The Morgan fingerprint density at radius 1 is 0.960 bits per heavy atom. The average Bonchev–Trinajstić information content (AvgIpc) is 2.66. The lowest BCUT2D eigenvalue weighted by Crippen LogP contribution is -2.34. The Kier molecular flexibility index (Phi) is 3.91. The molecule has 1 aromatic carbocycles. The van der Waals surface area contributed by atoms with Gasteiger partial charge in [0, 0.05) is 18.8 Å². The highest BCUT2D eigenvalue weighted by atomic mass is 15.1. The number of rotatable bonds is 2. The summed E-state index contributed by atoms with van der Waals surface area (Å²) in [5.74, 6) is 0. The zero-order valence-corrected chi connectivity index (χ0v) is 13.9. The Morgan fingerprint density at radius 2 is 1.64 bits per heavy atom. The molecular weight excluding hydrogens is 310 g/mol. The van der Waals surface area contributed by atoms with Crippen LogP contribution in [-0.2, 0) is 12.8 Å². The van der Waals surface area contributed by atoms with E-state index in [0.29, 0.717) is 5.69 Å². The van der Waals surface area contributed by atoms with E-state index in [9.17, 15) is 0 Å². The summed E-state index contributed by atoms with van der Waals surface area (Å²) in [7, 11) is 0. The van der Waals surface area contributed by atoms with E-state index >= 15 is 0 Å². The van der Waals surface area contributed by atoms with Crippen molar-refractivity contribution >= 4 is 17.8 Å². The minimum absolute atomic E-state index is 0.0675. The zero-order valence-electron chi connectivity index (χ0n) is 13.9. The molecule has 2 aromatic rings. The zero-order chi connectivity index (χ0) is 17.2. The molecule has 122 valence electrons. The van der Waals surface area contributed by atoms with Crippen molar-refractivity contribution in [2.45, 2.75) is 25.7 Å². The second kappa shape index (κ2) is 6.37. The van der Waals surface area contributed by atoms with Crippen LogP contribution in [0.25, 0.3) is 12.2 Å². The molecule has 0 bridgehead atoms. The van der Waals surface area contributed by atoms with Crippen LogP contribution in [0.5, 0.6) is 0 Å². The molecule has 0 atom stereocenters. The van der Waals surface area contributed by atoms with Crippen LogP contribution >= 0.6 is 0 Å². The van der Waals surface area contributed by atoms with E-state index in [-0.39, 0.29) is 11.4 Å². The van der Waals surface area contributed by atoms with Gasteiger partial charge in [-0.1, -0.05) is 6.08 Å². The maximum absolute atomic E-state index is 9.06. The summed E-state index contributed by atoms with van der Waals surface area (Å²) < 4.78 is 0. The molecule has 5 nitrogen and oxygen atoms in total. The average molecular weight is 327 g/mol. The molecular formula is C20H17N5. The van der Waals surface area contributed by atoms with E-state index in [1.807, 2.05) is 24.3 Å². The largest absolute Gasteiger partial charge is 0.371 e. The molecule has 1 aromatic heterocycles. The van der Waals surface area contributed by atoms with Gasteiger partial charge in [-0.15, -0.1) is 0 Å². The molecule has 0 amide bonds. The van der Waals surface area contributed by atoms with Gasteiger partial charge in [-0.2, -0.15) is 10.5 Å². The van der Waals surface area contributed by atoms with Crippen molar-refractivity contribution < 1.29 is 0 Å². The summed E-state index contributed by atoms with van der Waals surface area (Å²) in [5, 5.41) is 18.0. The third-order valence-corrected chi connectivity index (χ3v) is 4.80. The SMILES string of the molecule is N#Cc1ncc(C=Cc2cc3c4c(c2)CCCN4CCC3)nc1C#N. The van der Waals surface area contributed by atoms with Gasteiger partial charge >= 0.3 is 0 Å². The Hall–Kier alpha value is -3.18. The first-order valence-corrected chi connectivity index (χ1v) is 8.54. The van der Waals surface area contributed by atoms with Crippen molar-refractivity contribution in [2.75, 3.05) is 18.0 Å². The molecule has 0 N–H and O–H groups in total. The van der Waals surface area contributed by atoms with Gasteiger partial charge in [0.15, 0.2) is 11.4 Å². The molecule has 0 fully saturated rings. The number of nitrogens with zero attached hydrogens (tertiary/aromatic N) is 5. The van der Waals surface area contributed by atoms with Gasteiger partial charge in [0.05, 0.1) is 11.9 Å². The quantitative estimate of drug-likeness (QED) is 0.847. The van der Waals surface area contributed by atoms with E-state index < -0.39 is 0 Å². The van der Waals surface area contributed by atoms with E-state index in [4.69, 9.17) is 10.5 Å². The Bertz CT molecular complexity index is 915. The highest BCUT2D eigenvalue weighted by molar-refractivity contribution is 5.73. The van der Waals surface area contributed by atoms with Crippen LogP contribution in [0.15, 0.2) is 18.3 Å². The summed E-state index contributed by atoms with van der Waals surface area (Å²) in [6.07, 6.45) is 10.1. The highest BCUT2D eigenvalue weighted by Gasteiger charge is 2.23. The van der Waals surface area contributed by atoms with Gasteiger partial charge in [-0.25, -0.2) is 9.97 Å². The van der Waals surface area contributed by atoms with E-state index in [0.717, 1.165) is 18.4 Å². The molecule has 5 heteroatoms. The predicted octanol–water partition coefficient (Wildman–Crippen LogP) is 3.09. The monoisotopic (exact) mass is 327 g/mol. The fraction of sp³-hybridized carbons (Fsp3) is 0.300. The van der Waals surface area contributed by atoms with E-state index in [1.54, 1.807) is 0 Å². The molecule has 0 spiro atoms. The van der Waals surface area contributed by atoms with Gasteiger partial charge in [-0.05, 0) is 60.6 Å². The predicted molar refractivity (Wildman–Crippen MR) is 95.7 cm³/mol. The van der Waals surface area contributed by atoms with Crippen LogP contribution in [0.2, 0.25) is 0 Å². The van der Waals surface area contributed by atoms with Crippen LogP contribution in [0.1, 0.15) is 46.6 Å². The Balaban J connectivity index is 1.67. The number of anilines is 1. The molecule has 4 rings (SSSR count).